The van der Waals surface area contributed by atoms with Crippen molar-refractivity contribution in [1.82, 2.24) is 9.80 Å². The van der Waals surface area contributed by atoms with E-state index in [1.165, 1.54) is 44.3 Å². The molecule has 4 aliphatic heterocycles. The topological polar surface area (TPSA) is 19.4 Å². The zero-order valence-corrected chi connectivity index (χ0v) is 20.4. The van der Waals surface area contributed by atoms with Crippen LogP contribution in [0.25, 0.3) is 27.6 Å². The summed E-state index contributed by atoms with van der Waals surface area (Å²) in [5, 5.41) is 2.41. The molecular formula is C32H28N2O. The maximum absolute atomic E-state index is 6.68. The van der Waals surface area contributed by atoms with E-state index in [1.807, 2.05) is 0 Å². The normalized spacial score (nSPS) is 30.3. The van der Waals surface area contributed by atoms with Gasteiger partial charge in [0, 0.05) is 40.7 Å². The molecule has 3 aromatic carbocycles. The van der Waals surface area contributed by atoms with Crippen molar-refractivity contribution < 1.29 is 4.42 Å². The van der Waals surface area contributed by atoms with Crippen LogP contribution in [0, 0.1) is 0 Å². The third-order valence-corrected chi connectivity index (χ3v) is 8.91. The fourth-order valence-corrected chi connectivity index (χ4v) is 6.96. The van der Waals surface area contributed by atoms with Crippen LogP contribution in [0.3, 0.4) is 0 Å². The van der Waals surface area contributed by atoms with Gasteiger partial charge in [-0.15, -0.1) is 0 Å². The monoisotopic (exact) mass is 456 g/mol. The minimum Gasteiger partial charge on any atom is -0.456 e. The van der Waals surface area contributed by atoms with E-state index >= 15 is 0 Å². The molecule has 4 aromatic rings. The maximum Gasteiger partial charge on any atom is 0.140 e. The highest BCUT2D eigenvalue weighted by molar-refractivity contribution is 6.06. The molecule has 0 N–H and O–H groups in total. The van der Waals surface area contributed by atoms with E-state index in [2.05, 4.69) is 116 Å². The maximum atomic E-state index is 6.68. The molecule has 172 valence electrons. The van der Waals surface area contributed by atoms with E-state index in [0.29, 0.717) is 0 Å². The Morgan fingerprint density at radius 2 is 1.71 bits per heavy atom. The Morgan fingerprint density at radius 3 is 2.54 bits per heavy atom. The predicted octanol–water partition coefficient (Wildman–Crippen LogP) is 7.15. The number of rotatable bonds is 2. The third-order valence-electron chi connectivity index (χ3n) is 8.91. The van der Waals surface area contributed by atoms with Crippen LogP contribution in [0.5, 0.6) is 0 Å². The lowest BCUT2D eigenvalue weighted by Gasteiger charge is -2.42. The molecule has 1 fully saturated rings. The number of para-hydroxylation sites is 1. The highest BCUT2D eigenvalue weighted by Gasteiger charge is 2.55. The molecule has 3 nitrogen and oxygen atoms in total. The zero-order chi connectivity index (χ0) is 23.5. The standard InChI is InChI=1S/C32H28N2O/c1-20-12-15-26-23-9-4-6-10-24(23)32(3,33(26)18-20)25-14-13-22-21-8-5-7-11-28(21)35-30(22)29(25)27-16-17-31(2)19-34(27)31/h4-17,27H,18-19H2,1-3H3/t27?,31?,32-,34?/m1/s1. The highest BCUT2D eigenvalue weighted by atomic mass is 16.3. The van der Waals surface area contributed by atoms with Crippen LogP contribution in [-0.4, -0.2) is 28.4 Å². The summed E-state index contributed by atoms with van der Waals surface area (Å²) in [7, 11) is 0. The average molecular weight is 457 g/mol. The minimum atomic E-state index is -0.288. The molecular weight excluding hydrogens is 428 g/mol. The molecule has 8 rings (SSSR count). The van der Waals surface area contributed by atoms with Crippen molar-refractivity contribution in [3.05, 3.63) is 113 Å². The molecule has 3 unspecified atom stereocenters. The molecule has 3 heteroatoms. The van der Waals surface area contributed by atoms with Crippen LogP contribution in [0.15, 0.2) is 95.0 Å². The first-order valence-electron chi connectivity index (χ1n) is 12.6. The molecule has 35 heavy (non-hydrogen) atoms. The summed E-state index contributed by atoms with van der Waals surface area (Å²) in [4.78, 5) is 5.21. The van der Waals surface area contributed by atoms with Crippen LogP contribution in [-0.2, 0) is 5.54 Å². The summed E-state index contributed by atoms with van der Waals surface area (Å²) in [5.74, 6) is 0. The van der Waals surface area contributed by atoms with Crippen molar-refractivity contribution >= 4 is 27.6 Å². The summed E-state index contributed by atoms with van der Waals surface area (Å²) in [6, 6.07) is 22.3. The van der Waals surface area contributed by atoms with Gasteiger partial charge in [-0.2, -0.15) is 0 Å². The number of hydrogen-bond donors (Lipinski definition) is 0. The van der Waals surface area contributed by atoms with Crippen LogP contribution < -0.4 is 0 Å². The number of allylic oxidation sites excluding steroid dienone is 2. The Labute approximate surface area is 205 Å². The van der Waals surface area contributed by atoms with Crippen LogP contribution in [0.4, 0.5) is 0 Å². The fourth-order valence-electron chi connectivity index (χ4n) is 6.96. The summed E-state index contributed by atoms with van der Waals surface area (Å²) < 4.78 is 6.68. The minimum absolute atomic E-state index is 0.181. The van der Waals surface area contributed by atoms with E-state index < -0.39 is 0 Å². The van der Waals surface area contributed by atoms with Crippen molar-refractivity contribution in [3.8, 4) is 0 Å². The lowest BCUT2D eigenvalue weighted by atomic mass is 9.79. The van der Waals surface area contributed by atoms with Gasteiger partial charge in [0.25, 0.3) is 0 Å². The summed E-state index contributed by atoms with van der Waals surface area (Å²) in [6.07, 6.45) is 9.38. The molecule has 0 radical (unpaired) electrons. The predicted molar refractivity (Wildman–Crippen MR) is 142 cm³/mol. The molecule has 0 aliphatic carbocycles. The van der Waals surface area contributed by atoms with Crippen molar-refractivity contribution in [2.75, 3.05) is 13.1 Å². The van der Waals surface area contributed by atoms with Gasteiger partial charge in [0.05, 0.1) is 17.1 Å². The van der Waals surface area contributed by atoms with Crippen LogP contribution >= 0.6 is 0 Å². The first-order chi connectivity index (χ1) is 17.0. The lowest BCUT2D eigenvalue weighted by molar-refractivity contribution is 0.255. The third kappa shape index (κ3) is 2.39. The fraction of sp³-hybridized carbons (Fsp3) is 0.250. The second-order valence-electron chi connectivity index (χ2n) is 11.1. The summed E-state index contributed by atoms with van der Waals surface area (Å²) in [6.45, 7) is 9.03. The lowest BCUT2D eigenvalue weighted by Crippen LogP contribution is -2.41. The van der Waals surface area contributed by atoms with Gasteiger partial charge in [-0.05, 0) is 44.0 Å². The average Bonchev–Trinajstić information content (AvgIpc) is 3.14. The Balaban J connectivity index is 1.46. The first kappa shape index (κ1) is 19.7. The molecule has 0 amide bonds. The Hall–Kier alpha value is -3.56. The van der Waals surface area contributed by atoms with E-state index in [1.54, 1.807) is 0 Å². The molecule has 5 heterocycles. The Bertz CT molecular complexity index is 1670. The van der Waals surface area contributed by atoms with Gasteiger partial charge >= 0.3 is 0 Å². The van der Waals surface area contributed by atoms with Gasteiger partial charge in [0.2, 0.25) is 0 Å². The smallest absolute Gasteiger partial charge is 0.140 e. The molecule has 4 aliphatic rings. The SMILES string of the molecule is CC1=CC=C2c3ccccc3[C@](C)(c3ccc4c(oc5ccccc54)c3C3C=CC4(C)CN34)N2C1. The highest BCUT2D eigenvalue weighted by Crippen LogP contribution is 2.56. The Kier molecular flexibility index (Phi) is 3.58. The van der Waals surface area contributed by atoms with Crippen LogP contribution in [0.1, 0.15) is 49.1 Å². The van der Waals surface area contributed by atoms with Crippen molar-refractivity contribution in [2.45, 2.75) is 37.9 Å². The molecule has 0 saturated carbocycles. The number of fused-ring (bicyclic) bond motifs is 7. The Morgan fingerprint density at radius 1 is 0.886 bits per heavy atom. The van der Waals surface area contributed by atoms with Gasteiger partial charge in [0.1, 0.15) is 11.2 Å². The second-order valence-corrected chi connectivity index (χ2v) is 11.1. The molecule has 0 bridgehead atoms. The van der Waals surface area contributed by atoms with Gasteiger partial charge in [0.15, 0.2) is 0 Å². The summed E-state index contributed by atoms with van der Waals surface area (Å²) >= 11 is 0. The van der Waals surface area contributed by atoms with Gasteiger partial charge in [-0.25, -0.2) is 0 Å². The summed E-state index contributed by atoms with van der Waals surface area (Å²) in [5.41, 5.74) is 9.99. The molecule has 4 atom stereocenters. The van der Waals surface area contributed by atoms with Gasteiger partial charge in [-0.1, -0.05) is 78.4 Å². The zero-order valence-electron chi connectivity index (χ0n) is 20.4. The quantitative estimate of drug-likeness (QED) is 0.236. The van der Waals surface area contributed by atoms with E-state index in [4.69, 9.17) is 4.42 Å². The van der Waals surface area contributed by atoms with Gasteiger partial charge in [-0.3, -0.25) is 4.90 Å². The molecule has 0 spiro atoms. The van der Waals surface area contributed by atoms with E-state index in [9.17, 15) is 0 Å². The number of nitrogens with zero attached hydrogens (tertiary/aromatic N) is 2. The number of hydrogen-bond acceptors (Lipinski definition) is 3. The number of benzene rings is 3. The van der Waals surface area contributed by atoms with E-state index in [0.717, 1.165) is 24.3 Å². The molecule has 1 saturated heterocycles. The molecule has 1 aromatic heterocycles. The number of furan rings is 1. The largest absolute Gasteiger partial charge is 0.456 e. The van der Waals surface area contributed by atoms with E-state index in [-0.39, 0.29) is 17.1 Å². The first-order valence-corrected chi connectivity index (χ1v) is 12.6. The van der Waals surface area contributed by atoms with Crippen LogP contribution in [0.2, 0.25) is 0 Å². The second kappa shape index (κ2) is 6.35. The van der Waals surface area contributed by atoms with Gasteiger partial charge < -0.3 is 9.32 Å². The van der Waals surface area contributed by atoms with Crippen molar-refractivity contribution in [1.29, 1.82) is 0 Å². The van der Waals surface area contributed by atoms with Crippen molar-refractivity contribution in [2.24, 2.45) is 0 Å². The van der Waals surface area contributed by atoms with Crippen molar-refractivity contribution in [3.63, 3.8) is 0 Å².